The molecule has 1 nitrogen and oxygen atoms in total. The molecule has 0 spiro atoms. The molecule has 3 rings (SSSR count). The first kappa shape index (κ1) is 15.9. The zero-order chi connectivity index (χ0) is 13.8. The summed E-state index contributed by atoms with van der Waals surface area (Å²) in [6.07, 6.45) is 0. The van der Waals surface area contributed by atoms with E-state index in [0.29, 0.717) is 0 Å². The number of rotatable bonds is 3. The minimum Gasteiger partial charge on any atom is -0.309 e. The maximum absolute atomic E-state index is 13.8. The molecule has 0 saturated heterocycles. The van der Waals surface area contributed by atoms with Gasteiger partial charge >= 0.3 is 0 Å². The fourth-order valence-corrected chi connectivity index (χ4v) is 5.03. The monoisotopic (exact) mass is 381 g/mol. The smallest absolute Gasteiger partial charge is 0.171 e. The third kappa shape index (κ3) is 3.08. The summed E-state index contributed by atoms with van der Waals surface area (Å²) in [6.45, 7) is 0. The van der Waals surface area contributed by atoms with E-state index >= 15 is 0 Å². The van der Waals surface area contributed by atoms with Crippen LogP contribution in [0.1, 0.15) is 0 Å². The largest absolute Gasteiger partial charge is 0.309 e. The minimum absolute atomic E-state index is 0. The zero-order valence-corrected chi connectivity index (χ0v) is 13.9. The van der Waals surface area contributed by atoms with Gasteiger partial charge in [-0.15, -0.1) is 0 Å². The van der Waals surface area contributed by atoms with Crippen molar-refractivity contribution >= 4 is 23.1 Å². The molecular weight excluding hydrogens is 366 g/mol. The molecule has 0 aliphatic heterocycles. The summed E-state index contributed by atoms with van der Waals surface area (Å²) in [5.74, 6) is 0. The van der Waals surface area contributed by atoms with Gasteiger partial charge in [-0.1, -0.05) is 91.0 Å². The van der Waals surface area contributed by atoms with Gasteiger partial charge in [0, 0.05) is 35.4 Å². The molecular formula is C18H15OPRh. The van der Waals surface area contributed by atoms with Crippen molar-refractivity contribution in [2.45, 2.75) is 0 Å². The number of hydrogen-bond acceptors (Lipinski definition) is 1. The molecule has 0 N–H and O–H groups in total. The Balaban J connectivity index is 0.00000161. The molecule has 0 atom stereocenters. The van der Waals surface area contributed by atoms with Crippen LogP contribution in [0.25, 0.3) is 0 Å². The van der Waals surface area contributed by atoms with Crippen molar-refractivity contribution in [1.82, 2.24) is 0 Å². The van der Waals surface area contributed by atoms with Crippen LogP contribution in [0.5, 0.6) is 0 Å². The van der Waals surface area contributed by atoms with Crippen molar-refractivity contribution in [1.29, 1.82) is 0 Å². The van der Waals surface area contributed by atoms with Crippen molar-refractivity contribution in [3.63, 3.8) is 0 Å². The van der Waals surface area contributed by atoms with Gasteiger partial charge in [-0.2, -0.15) is 0 Å². The van der Waals surface area contributed by atoms with E-state index in [4.69, 9.17) is 0 Å². The summed E-state index contributed by atoms with van der Waals surface area (Å²) in [5, 5.41) is 2.62. The Kier molecular flexibility index (Phi) is 5.29. The van der Waals surface area contributed by atoms with Crippen LogP contribution in [0.4, 0.5) is 0 Å². The molecule has 3 heteroatoms. The Hall–Kier alpha value is -1.49. The van der Waals surface area contributed by atoms with Gasteiger partial charge in [0.2, 0.25) is 0 Å². The molecule has 0 unspecified atom stereocenters. The molecule has 0 aliphatic carbocycles. The maximum atomic E-state index is 13.8. The summed E-state index contributed by atoms with van der Waals surface area (Å²) in [7, 11) is -2.78. The third-order valence-corrected chi connectivity index (χ3v) is 6.44. The third-order valence-electron chi connectivity index (χ3n) is 3.36. The fraction of sp³-hybridized carbons (Fsp3) is 0. The van der Waals surface area contributed by atoms with Gasteiger partial charge in [0.1, 0.15) is 0 Å². The molecule has 107 valence electrons. The normalized spacial score (nSPS) is 10.7. The molecule has 21 heavy (non-hydrogen) atoms. The molecule has 3 aromatic carbocycles. The second kappa shape index (κ2) is 6.98. The van der Waals surface area contributed by atoms with Gasteiger partial charge in [0.15, 0.2) is 7.14 Å². The minimum atomic E-state index is -2.78. The van der Waals surface area contributed by atoms with Gasteiger partial charge in [-0.05, 0) is 0 Å². The van der Waals surface area contributed by atoms with E-state index in [1.54, 1.807) is 0 Å². The van der Waals surface area contributed by atoms with Crippen LogP contribution in [0.2, 0.25) is 0 Å². The topological polar surface area (TPSA) is 17.1 Å². The van der Waals surface area contributed by atoms with Gasteiger partial charge in [0.05, 0.1) is 0 Å². The number of benzene rings is 3. The van der Waals surface area contributed by atoms with Crippen LogP contribution in [0.15, 0.2) is 91.0 Å². The van der Waals surface area contributed by atoms with E-state index in [1.165, 1.54) is 0 Å². The first-order valence-electron chi connectivity index (χ1n) is 6.59. The first-order chi connectivity index (χ1) is 9.82. The van der Waals surface area contributed by atoms with Crippen molar-refractivity contribution in [2.75, 3.05) is 0 Å². The Morgan fingerprint density at radius 1 is 0.476 bits per heavy atom. The SMILES string of the molecule is O=P(c1ccccc1)(c1ccccc1)c1ccccc1.[Rh]. The van der Waals surface area contributed by atoms with Crippen LogP contribution >= 0.6 is 7.14 Å². The number of hydrogen-bond donors (Lipinski definition) is 0. The van der Waals surface area contributed by atoms with Crippen LogP contribution in [0.3, 0.4) is 0 Å². The van der Waals surface area contributed by atoms with E-state index < -0.39 is 7.14 Å². The Morgan fingerprint density at radius 3 is 0.952 bits per heavy atom. The second-order valence-corrected chi connectivity index (χ2v) is 7.38. The summed E-state index contributed by atoms with van der Waals surface area (Å²) in [4.78, 5) is 0. The van der Waals surface area contributed by atoms with E-state index in [2.05, 4.69) is 0 Å². The van der Waals surface area contributed by atoms with Crippen LogP contribution in [0, 0.1) is 0 Å². The van der Waals surface area contributed by atoms with E-state index in [1.807, 2.05) is 91.0 Å². The fourth-order valence-electron chi connectivity index (χ4n) is 2.36. The van der Waals surface area contributed by atoms with Crippen LogP contribution < -0.4 is 15.9 Å². The van der Waals surface area contributed by atoms with Gasteiger partial charge < -0.3 is 4.57 Å². The molecule has 1 radical (unpaired) electrons. The van der Waals surface area contributed by atoms with Gasteiger partial charge in [0.25, 0.3) is 0 Å². The predicted molar refractivity (Wildman–Crippen MR) is 85.8 cm³/mol. The Morgan fingerprint density at radius 2 is 0.714 bits per heavy atom. The van der Waals surface area contributed by atoms with Crippen molar-refractivity contribution in [3.05, 3.63) is 91.0 Å². The van der Waals surface area contributed by atoms with Crippen molar-refractivity contribution in [3.8, 4) is 0 Å². The molecule has 3 aromatic rings. The molecule has 0 aliphatic rings. The van der Waals surface area contributed by atoms with Crippen LogP contribution in [-0.4, -0.2) is 0 Å². The first-order valence-corrected chi connectivity index (χ1v) is 8.29. The summed E-state index contributed by atoms with van der Waals surface area (Å²) in [6, 6.07) is 29.1. The van der Waals surface area contributed by atoms with E-state index in [-0.39, 0.29) is 19.5 Å². The molecule has 0 aromatic heterocycles. The van der Waals surface area contributed by atoms with Gasteiger partial charge in [-0.3, -0.25) is 0 Å². The molecule has 0 bridgehead atoms. The van der Waals surface area contributed by atoms with Crippen molar-refractivity contribution < 1.29 is 24.0 Å². The second-order valence-electron chi connectivity index (χ2n) is 4.62. The Bertz CT molecular complexity index is 624. The average molecular weight is 381 g/mol. The predicted octanol–water partition coefficient (Wildman–Crippen LogP) is 3.32. The summed E-state index contributed by atoms with van der Waals surface area (Å²) in [5.41, 5.74) is 0. The molecule has 0 amide bonds. The van der Waals surface area contributed by atoms with Gasteiger partial charge in [-0.25, -0.2) is 0 Å². The standard InChI is InChI=1S/C18H15OP.Rh/c19-20(16-10-4-1-5-11-16,17-12-6-2-7-13-17)18-14-8-3-9-15-18;/h1-15H;. The Labute approximate surface area is 138 Å². The summed E-state index contributed by atoms with van der Waals surface area (Å²) < 4.78 is 13.8. The average Bonchev–Trinajstić information content (AvgIpc) is 2.56. The van der Waals surface area contributed by atoms with Crippen LogP contribution in [-0.2, 0) is 24.0 Å². The molecule has 0 fully saturated rings. The van der Waals surface area contributed by atoms with Crippen molar-refractivity contribution in [2.24, 2.45) is 0 Å². The molecule has 0 saturated carbocycles. The van der Waals surface area contributed by atoms with E-state index in [0.717, 1.165) is 15.9 Å². The summed E-state index contributed by atoms with van der Waals surface area (Å²) >= 11 is 0. The maximum Gasteiger partial charge on any atom is 0.171 e. The quantitative estimate of drug-likeness (QED) is 0.503. The van der Waals surface area contributed by atoms with E-state index in [9.17, 15) is 4.57 Å². The zero-order valence-electron chi connectivity index (χ0n) is 11.3. The molecule has 0 heterocycles.